The summed E-state index contributed by atoms with van der Waals surface area (Å²) in [5.74, 6) is 4.22. The molecule has 0 aliphatic carbocycles. The van der Waals surface area contributed by atoms with Gasteiger partial charge in [-0.3, -0.25) is 4.79 Å². The molecule has 2 unspecified atom stereocenters. The third-order valence-electron chi connectivity index (χ3n) is 2.29. The van der Waals surface area contributed by atoms with Crippen LogP contribution in [0.2, 0.25) is 0 Å². The van der Waals surface area contributed by atoms with Crippen LogP contribution in [-0.4, -0.2) is 30.0 Å². The van der Waals surface area contributed by atoms with Crippen molar-refractivity contribution in [2.45, 2.75) is 26.3 Å². The van der Waals surface area contributed by atoms with E-state index in [0.29, 0.717) is 12.3 Å². The van der Waals surface area contributed by atoms with E-state index in [1.165, 1.54) is 0 Å². The van der Waals surface area contributed by atoms with Gasteiger partial charge < -0.3 is 11.1 Å². The molecule has 0 aromatic rings. The third-order valence-corrected chi connectivity index (χ3v) is 3.15. The molecule has 2 atom stereocenters. The highest BCUT2D eigenvalue weighted by atomic mass is 32.2. The molecule has 0 bridgehead atoms. The van der Waals surface area contributed by atoms with Gasteiger partial charge in [-0.1, -0.05) is 26.2 Å². The maximum absolute atomic E-state index is 11.5. The van der Waals surface area contributed by atoms with Gasteiger partial charge in [-0.15, -0.1) is 18.2 Å². The molecular weight excluding hydrogens is 208 g/mol. The number of amides is 1. The first-order valence-corrected chi connectivity index (χ1v) is 6.33. The van der Waals surface area contributed by atoms with Gasteiger partial charge in [-0.25, -0.2) is 0 Å². The molecule has 0 rings (SSSR count). The van der Waals surface area contributed by atoms with E-state index in [9.17, 15) is 4.79 Å². The Bertz CT molecular complexity index is 225. The van der Waals surface area contributed by atoms with Crippen molar-refractivity contribution in [3.8, 4) is 12.3 Å². The molecule has 0 aliphatic rings. The van der Waals surface area contributed by atoms with Crippen LogP contribution in [0.1, 0.15) is 20.3 Å². The second kappa shape index (κ2) is 8.63. The predicted octanol–water partition coefficient (Wildman–Crippen LogP) is 0.842. The normalized spacial score (nSPS) is 14.0. The summed E-state index contributed by atoms with van der Waals surface area (Å²) in [6.07, 6.45) is 6.02. The second-order valence-corrected chi connectivity index (χ2v) is 4.56. The van der Waals surface area contributed by atoms with Crippen molar-refractivity contribution in [3.63, 3.8) is 0 Å². The van der Waals surface area contributed by atoms with E-state index in [2.05, 4.69) is 11.2 Å². The standard InChI is InChI=1S/C11H20N2OS/c1-4-7-15-8-6-13-11(14)10(12)9(3)5-2/h1,9-10H,5-8,12H2,2-3H3,(H,13,14). The lowest BCUT2D eigenvalue weighted by Crippen LogP contribution is -2.45. The van der Waals surface area contributed by atoms with Crippen LogP contribution < -0.4 is 11.1 Å². The summed E-state index contributed by atoms with van der Waals surface area (Å²) in [4.78, 5) is 11.5. The molecule has 0 heterocycles. The van der Waals surface area contributed by atoms with Crippen molar-refractivity contribution >= 4 is 17.7 Å². The Balaban J connectivity index is 3.61. The number of thioether (sulfide) groups is 1. The first-order valence-electron chi connectivity index (χ1n) is 5.18. The zero-order chi connectivity index (χ0) is 11.7. The molecule has 3 N–H and O–H groups in total. The van der Waals surface area contributed by atoms with E-state index >= 15 is 0 Å². The quantitative estimate of drug-likeness (QED) is 0.501. The Labute approximate surface area is 96.6 Å². The summed E-state index contributed by atoms with van der Waals surface area (Å²) >= 11 is 1.63. The Hall–Kier alpha value is -0.660. The predicted molar refractivity (Wildman–Crippen MR) is 66.6 cm³/mol. The van der Waals surface area contributed by atoms with Crippen LogP contribution in [0.15, 0.2) is 0 Å². The number of carbonyl (C=O) groups excluding carboxylic acids is 1. The SMILES string of the molecule is C#CCSCCNC(=O)C(N)C(C)CC. The summed E-state index contributed by atoms with van der Waals surface area (Å²) in [7, 11) is 0. The van der Waals surface area contributed by atoms with Crippen LogP contribution >= 0.6 is 11.8 Å². The lowest BCUT2D eigenvalue weighted by molar-refractivity contribution is -0.123. The summed E-state index contributed by atoms with van der Waals surface area (Å²) in [5, 5.41) is 2.80. The summed E-state index contributed by atoms with van der Waals surface area (Å²) in [6, 6.07) is -0.396. The van der Waals surface area contributed by atoms with Crippen molar-refractivity contribution in [1.29, 1.82) is 0 Å². The fraction of sp³-hybridized carbons (Fsp3) is 0.727. The largest absolute Gasteiger partial charge is 0.354 e. The number of hydrogen-bond acceptors (Lipinski definition) is 3. The van der Waals surface area contributed by atoms with E-state index in [1.807, 2.05) is 13.8 Å². The van der Waals surface area contributed by atoms with Crippen LogP contribution in [0, 0.1) is 18.3 Å². The maximum atomic E-state index is 11.5. The summed E-state index contributed by atoms with van der Waals surface area (Å²) < 4.78 is 0. The fourth-order valence-corrected chi connectivity index (χ4v) is 1.52. The first-order chi connectivity index (χ1) is 7.13. The molecular formula is C11H20N2OS. The van der Waals surface area contributed by atoms with Crippen LogP contribution in [0.3, 0.4) is 0 Å². The van der Waals surface area contributed by atoms with Crippen LogP contribution in [0.5, 0.6) is 0 Å². The van der Waals surface area contributed by atoms with Gasteiger partial charge in [-0.2, -0.15) is 0 Å². The van der Waals surface area contributed by atoms with Crippen molar-refractivity contribution in [3.05, 3.63) is 0 Å². The van der Waals surface area contributed by atoms with Gasteiger partial charge in [0.1, 0.15) is 0 Å². The van der Waals surface area contributed by atoms with Crippen molar-refractivity contribution in [1.82, 2.24) is 5.32 Å². The van der Waals surface area contributed by atoms with Crippen LogP contribution in [0.25, 0.3) is 0 Å². The van der Waals surface area contributed by atoms with Gasteiger partial charge in [0, 0.05) is 12.3 Å². The molecule has 0 aromatic heterocycles. The average Bonchev–Trinajstić information content (AvgIpc) is 2.26. The molecule has 0 saturated carbocycles. The Morgan fingerprint density at radius 2 is 2.33 bits per heavy atom. The monoisotopic (exact) mass is 228 g/mol. The number of nitrogens with one attached hydrogen (secondary N) is 1. The molecule has 0 fully saturated rings. The molecule has 1 amide bonds. The number of rotatable bonds is 7. The molecule has 0 spiro atoms. The van der Waals surface area contributed by atoms with E-state index in [1.54, 1.807) is 11.8 Å². The smallest absolute Gasteiger partial charge is 0.237 e. The highest BCUT2D eigenvalue weighted by Crippen LogP contribution is 2.05. The second-order valence-electron chi connectivity index (χ2n) is 3.46. The third kappa shape index (κ3) is 6.43. The highest BCUT2D eigenvalue weighted by Gasteiger charge is 2.18. The van der Waals surface area contributed by atoms with E-state index < -0.39 is 6.04 Å². The number of carbonyl (C=O) groups is 1. The first kappa shape index (κ1) is 14.3. The maximum Gasteiger partial charge on any atom is 0.237 e. The Morgan fingerprint density at radius 1 is 1.67 bits per heavy atom. The summed E-state index contributed by atoms with van der Waals surface area (Å²) in [5.41, 5.74) is 5.76. The number of hydrogen-bond donors (Lipinski definition) is 2. The Kier molecular flexibility index (Phi) is 8.25. The molecule has 0 radical (unpaired) electrons. The number of terminal acetylenes is 1. The highest BCUT2D eigenvalue weighted by molar-refractivity contribution is 7.99. The molecule has 86 valence electrons. The lowest BCUT2D eigenvalue weighted by atomic mass is 9.99. The molecule has 0 saturated heterocycles. The van der Waals surface area contributed by atoms with Gasteiger partial charge in [0.05, 0.1) is 11.8 Å². The Morgan fingerprint density at radius 3 is 2.87 bits per heavy atom. The fourth-order valence-electron chi connectivity index (χ4n) is 1.01. The van der Waals surface area contributed by atoms with Crippen LogP contribution in [-0.2, 0) is 4.79 Å². The van der Waals surface area contributed by atoms with Gasteiger partial charge in [0.25, 0.3) is 0 Å². The minimum atomic E-state index is -0.396. The topological polar surface area (TPSA) is 55.1 Å². The van der Waals surface area contributed by atoms with Crippen molar-refractivity contribution in [2.24, 2.45) is 11.7 Å². The van der Waals surface area contributed by atoms with E-state index in [-0.39, 0.29) is 11.8 Å². The minimum Gasteiger partial charge on any atom is -0.354 e. The van der Waals surface area contributed by atoms with E-state index in [0.717, 1.165) is 12.2 Å². The summed E-state index contributed by atoms with van der Waals surface area (Å²) in [6.45, 7) is 4.65. The van der Waals surface area contributed by atoms with Crippen molar-refractivity contribution < 1.29 is 4.79 Å². The number of nitrogens with two attached hydrogens (primary N) is 1. The zero-order valence-electron chi connectivity index (χ0n) is 9.45. The lowest BCUT2D eigenvalue weighted by Gasteiger charge is -2.17. The molecule has 0 aromatic carbocycles. The van der Waals surface area contributed by atoms with Crippen LogP contribution in [0.4, 0.5) is 0 Å². The minimum absolute atomic E-state index is 0.0642. The average molecular weight is 228 g/mol. The van der Waals surface area contributed by atoms with Gasteiger partial charge >= 0.3 is 0 Å². The van der Waals surface area contributed by atoms with Gasteiger partial charge in [0.15, 0.2) is 0 Å². The van der Waals surface area contributed by atoms with Gasteiger partial charge in [-0.05, 0) is 5.92 Å². The van der Waals surface area contributed by atoms with E-state index in [4.69, 9.17) is 12.2 Å². The zero-order valence-corrected chi connectivity index (χ0v) is 10.3. The molecule has 15 heavy (non-hydrogen) atoms. The van der Waals surface area contributed by atoms with Crippen molar-refractivity contribution in [2.75, 3.05) is 18.1 Å². The molecule has 4 heteroatoms. The molecule has 3 nitrogen and oxygen atoms in total. The molecule has 0 aliphatic heterocycles. The van der Waals surface area contributed by atoms with Gasteiger partial charge in [0.2, 0.25) is 5.91 Å².